The Kier molecular flexibility index (Phi) is 15.8. The van der Waals surface area contributed by atoms with Crippen LogP contribution in [0.2, 0.25) is 0 Å². The molecule has 210 valence electrons. The Labute approximate surface area is 212 Å². The number of carbonyl (C=O) groups is 7. The van der Waals surface area contributed by atoms with Crippen molar-refractivity contribution < 1.29 is 43.8 Å². The molecule has 0 aromatic carbocycles. The van der Waals surface area contributed by atoms with Crippen LogP contribution < -0.4 is 43.8 Å². The van der Waals surface area contributed by atoms with Crippen molar-refractivity contribution in [3.8, 4) is 0 Å². The van der Waals surface area contributed by atoms with Crippen molar-refractivity contribution in [2.75, 3.05) is 26.2 Å². The van der Waals surface area contributed by atoms with Crippen LogP contribution >= 0.6 is 0 Å². The first-order chi connectivity index (χ1) is 17.3. The number of unbranched alkanes of at least 4 members (excludes halogenated alkanes) is 1. The van der Waals surface area contributed by atoms with Crippen molar-refractivity contribution >= 4 is 41.4 Å². The summed E-state index contributed by atoms with van der Waals surface area (Å²) < 4.78 is 0. The summed E-state index contributed by atoms with van der Waals surface area (Å²) in [6.07, 6.45) is 0.458. The van der Waals surface area contributed by atoms with Gasteiger partial charge >= 0.3 is 5.97 Å². The Morgan fingerprint density at radius 2 is 1.32 bits per heavy atom. The predicted octanol–water partition coefficient (Wildman–Crippen LogP) is -5.90. The summed E-state index contributed by atoms with van der Waals surface area (Å²) in [6.45, 7) is -0.367. The van der Waals surface area contributed by atoms with Crippen LogP contribution in [0.4, 0.5) is 0 Å². The fraction of sp³-hybridized carbons (Fsp3) is 0.650. The highest BCUT2D eigenvalue weighted by Gasteiger charge is 2.29. The number of primary amides is 1. The molecular weight excluding hydrogens is 496 g/mol. The molecule has 17 nitrogen and oxygen atoms in total. The van der Waals surface area contributed by atoms with E-state index in [1.807, 2.05) is 0 Å². The van der Waals surface area contributed by atoms with Crippen LogP contribution in [0.3, 0.4) is 0 Å². The second kappa shape index (κ2) is 17.6. The molecule has 37 heavy (non-hydrogen) atoms. The third-order valence-corrected chi connectivity index (χ3v) is 4.73. The lowest BCUT2D eigenvalue weighted by Gasteiger charge is -2.21. The molecule has 0 spiro atoms. The van der Waals surface area contributed by atoms with Crippen LogP contribution in [-0.2, 0) is 33.6 Å². The van der Waals surface area contributed by atoms with Crippen molar-refractivity contribution in [3.63, 3.8) is 0 Å². The topological polar surface area (TPSA) is 298 Å². The Morgan fingerprint density at radius 3 is 1.78 bits per heavy atom. The number of amides is 6. The molecule has 0 bridgehead atoms. The molecule has 0 heterocycles. The SMILES string of the molecule is C[C@H](N)C(=O)NCC(=O)N[C@@H](CO)C(=O)N[C@@H](CC(=O)O)C(=O)NCC(=O)N[C@@H](CCCCN)C(N)=O. The molecule has 0 aromatic heterocycles. The minimum Gasteiger partial charge on any atom is -0.481 e. The summed E-state index contributed by atoms with van der Waals surface area (Å²) in [5, 5.41) is 29.4. The molecule has 0 aliphatic carbocycles. The van der Waals surface area contributed by atoms with E-state index in [2.05, 4.69) is 26.6 Å². The molecule has 4 atom stereocenters. The molecule has 0 fully saturated rings. The molecule has 0 radical (unpaired) electrons. The van der Waals surface area contributed by atoms with Gasteiger partial charge in [-0.1, -0.05) is 0 Å². The highest BCUT2D eigenvalue weighted by molar-refractivity contribution is 5.96. The molecule has 0 rings (SSSR count). The van der Waals surface area contributed by atoms with Gasteiger partial charge in [-0.15, -0.1) is 0 Å². The van der Waals surface area contributed by atoms with E-state index in [9.17, 15) is 38.7 Å². The van der Waals surface area contributed by atoms with Gasteiger partial charge < -0.3 is 54.0 Å². The number of rotatable bonds is 18. The number of carboxylic acids is 1. The minimum absolute atomic E-state index is 0.229. The quantitative estimate of drug-likeness (QED) is 0.0741. The average Bonchev–Trinajstić information content (AvgIpc) is 2.82. The van der Waals surface area contributed by atoms with Gasteiger partial charge in [0.1, 0.15) is 18.1 Å². The van der Waals surface area contributed by atoms with Gasteiger partial charge in [0.25, 0.3) is 0 Å². The van der Waals surface area contributed by atoms with E-state index in [1.54, 1.807) is 0 Å². The van der Waals surface area contributed by atoms with Gasteiger partial charge in [0.05, 0.1) is 32.2 Å². The molecular formula is C20H36N8O9. The van der Waals surface area contributed by atoms with E-state index >= 15 is 0 Å². The van der Waals surface area contributed by atoms with E-state index in [-0.39, 0.29) is 6.42 Å². The number of nitrogens with two attached hydrogens (primary N) is 3. The molecule has 0 aromatic rings. The Balaban J connectivity index is 5.01. The van der Waals surface area contributed by atoms with Crippen molar-refractivity contribution in [3.05, 3.63) is 0 Å². The lowest BCUT2D eigenvalue weighted by Crippen LogP contribution is -2.57. The summed E-state index contributed by atoms with van der Waals surface area (Å²) in [4.78, 5) is 83.0. The predicted molar refractivity (Wildman–Crippen MR) is 127 cm³/mol. The number of aliphatic hydroxyl groups is 1. The van der Waals surface area contributed by atoms with Crippen LogP contribution in [0, 0.1) is 0 Å². The monoisotopic (exact) mass is 532 g/mol. The largest absolute Gasteiger partial charge is 0.481 e. The molecule has 0 aliphatic rings. The fourth-order valence-corrected chi connectivity index (χ4v) is 2.74. The molecule has 0 saturated heterocycles. The zero-order valence-electron chi connectivity index (χ0n) is 20.5. The number of carboxylic acid groups (broad SMARTS) is 1. The van der Waals surface area contributed by atoms with E-state index < -0.39 is 91.7 Å². The molecule has 0 unspecified atom stereocenters. The second-order valence-corrected chi connectivity index (χ2v) is 7.99. The molecule has 17 heteroatoms. The van der Waals surface area contributed by atoms with Crippen LogP contribution in [0.5, 0.6) is 0 Å². The normalized spacial score (nSPS) is 13.7. The zero-order valence-corrected chi connectivity index (χ0v) is 20.5. The summed E-state index contributed by atoms with van der Waals surface area (Å²) in [5.41, 5.74) is 16.0. The van der Waals surface area contributed by atoms with Gasteiger partial charge in [-0.2, -0.15) is 0 Å². The number of aliphatic carboxylic acids is 1. The van der Waals surface area contributed by atoms with Gasteiger partial charge in [0.15, 0.2) is 0 Å². The first kappa shape index (κ1) is 33.2. The smallest absolute Gasteiger partial charge is 0.305 e. The number of hydrogen-bond acceptors (Lipinski definition) is 10. The molecule has 13 N–H and O–H groups in total. The maximum absolute atomic E-state index is 12.4. The third kappa shape index (κ3) is 14.4. The average molecular weight is 533 g/mol. The first-order valence-electron chi connectivity index (χ1n) is 11.3. The first-order valence-corrected chi connectivity index (χ1v) is 11.3. The number of aliphatic hydroxyl groups excluding tert-OH is 1. The maximum Gasteiger partial charge on any atom is 0.305 e. The summed E-state index contributed by atoms with van der Waals surface area (Å²) >= 11 is 0. The minimum atomic E-state index is -1.68. The Bertz CT molecular complexity index is 837. The lowest BCUT2D eigenvalue weighted by atomic mass is 10.1. The fourth-order valence-electron chi connectivity index (χ4n) is 2.74. The summed E-state index contributed by atoms with van der Waals surface area (Å²) in [7, 11) is 0. The maximum atomic E-state index is 12.4. The number of hydrogen-bond donors (Lipinski definition) is 10. The van der Waals surface area contributed by atoms with Crippen LogP contribution in [0.1, 0.15) is 32.6 Å². The Morgan fingerprint density at radius 1 is 0.784 bits per heavy atom. The van der Waals surface area contributed by atoms with E-state index in [4.69, 9.17) is 22.3 Å². The summed E-state index contributed by atoms with van der Waals surface area (Å²) in [5.74, 6) is -6.72. The molecule has 0 aliphatic heterocycles. The van der Waals surface area contributed by atoms with Crippen LogP contribution in [-0.4, -0.2) is 102 Å². The van der Waals surface area contributed by atoms with Crippen molar-refractivity contribution in [2.24, 2.45) is 17.2 Å². The van der Waals surface area contributed by atoms with Gasteiger partial charge in [0.2, 0.25) is 35.4 Å². The highest BCUT2D eigenvalue weighted by atomic mass is 16.4. The molecule has 0 saturated carbocycles. The zero-order chi connectivity index (χ0) is 28.5. The van der Waals surface area contributed by atoms with Gasteiger partial charge in [-0.3, -0.25) is 33.6 Å². The van der Waals surface area contributed by atoms with E-state index in [0.29, 0.717) is 19.4 Å². The van der Waals surface area contributed by atoms with E-state index in [0.717, 1.165) is 0 Å². The van der Waals surface area contributed by atoms with Crippen LogP contribution in [0.25, 0.3) is 0 Å². The second-order valence-electron chi connectivity index (χ2n) is 7.99. The number of nitrogens with one attached hydrogen (secondary N) is 5. The standard InChI is InChI=1S/C20H36N8O9/c1-10(22)18(35)24-7-15(31)27-13(9-29)20(37)28-12(6-16(32)33)19(36)25-8-14(30)26-11(17(23)34)4-2-3-5-21/h10-13,29H,2-9,21-22H2,1H3,(H2,23,34)(H,24,35)(H,25,36)(H,26,30)(H,27,31)(H,28,37)(H,32,33)/t10-,11-,12-,13-/m0/s1. The summed E-state index contributed by atoms with van der Waals surface area (Å²) in [6, 6.07) is -5.16. The third-order valence-electron chi connectivity index (χ3n) is 4.73. The van der Waals surface area contributed by atoms with Crippen molar-refractivity contribution in [1.82, 2.24) is 26.6 Å². The van der Waals surface area contributed by atoms with Gasteiger partial charge in [-0.25, -0.2) is 0 Å². The van der Waals surface area contributed by atoms with Gasteiger partial charge in [0, 0.05) is 0 Å². The highest BCUT2D eigenvalue weighted by Crippen LogP contribution is 2.00. The van der Waals surface area contributed by atoms with Crippen molar-refractivity contribution in [1.29, 1.82) is 0 Å². The lowest BCUT2D eigenvalue weighted by molar-refractivity contribution is -0.141. The van der Waals surface area contributed by atoms with Gasteiger partial charge in [-0.05, 0) is 32.7 Å². The molecule has 6 amide bonds. The number of carbonyl (C=O) groups excluding carboxylic acids is 6. The van der Waals surface area contributed by atoms with E-state index in [1.165, 1.54) is 6.92 Å². The van der Waals surface area contributed by atoms with Crippen molar-refractivity contribution in [2.45, 2.75) is 56.8 Å². The van der Waals surface area contributed by atoms with Crippen LogP contribution in [0.15, 0.2) is 0 Å². The Hall–Kier alpha value is -3.83.